The van der Waals surface area contributed by atoms with E-state index in [1.165, 1.54) is 0 Å². The van der Waals surface area contributed by atoms with Gasteiger partial charge in [0, 0.05) is 12.7 Å². The molecule has 0 aliphatic carbocycles. The van der Waals surface area contributed by atoms with Gasteiger partial charge in [0.05, 0.1) is 12.4 Å². The highest BCUT2D eigenvalue weighted by Gasteiger charge is 2.05. The van der Waals surface area contributed by atoms with Gasteiger partial charge in [-0.3, -0.25) is 0 Å². The van der Waals surface area contributed by atoms with Gasteiger partial charge >= 0.3 is 0 Å². The van der Waals surface area contributed by atoms with Gasteiger partial charge in [-0.1, -0.05) is 13.0 Å². The minimum atomic E-state index is -0.485. The predicted molar refractivity (Wildman–Crippen MR) is 60.6 cm³/mol. The standard InChI is InChI=1S/C12H21FO2/c1-5-6-10(2)12(9-13)11(3)15-8-7-14-4/h6H,5,7-9H2,1-4H3. The lowest BCUT2D eigenvalue weighted by molar-refractivity contribution is 0.109. The topological polar surface area (TPSA) is 18.5 Å². The zero-order valence-corrected chi connectivity index (χ0v) is 10.1. The van der Waals surface area contributed by atoms with Crippen LogP contribution in [0.15, 0.2) is 23.0 Å². The molecule has 0 aliphatic rings. The highest BCUT2D eigenvalue weighted by atomic mass is 19.1. The van der Waals surface area contributed by atoms with E-state index < -0.39 is 6.67 Å². The molecule has 0 saturated carbocycles. The lowest BCUT2D eigenvalue weighted by Crippen LogP contribution is -2.03. The summed E-state index contributed by atoms with van der Waals surface area (Å²) in [6.07, 6.45) is 2.90. The van der Waals surface area contributed by atoms with Gasteiger partial charge in [0.2, 0.25) is 0 Å². The van der Waals surface area contributed by atoms with Crippen molar-refractivity contribution in [2.75, 3.05) is 27.0 Å². The van der Waals surface area contributed by atoms with E-state index in [9.17, 15) is 4.39 Å². The summed E-state index contributed by atoms with van der Waals surface area (Å²) in [5.74, 6) is 0.650. The van der Waals surface area contributed by atoms with Crippen LogP contribution in [0.25, 0.3) is 0 Å². The Bertz CT molecular complexity index is 232. The minimum Gasteiger partial charge on any atom is -0.495 e. The fourth-order valence-corrected chi connectivity index (χ4v) is 1.27. The Morgan fingerprint density at radius 3 is 2.40 bits per heavy atom. The Hall–Kier alpha value is -0.830. The smallest absolute Gasteiger partial charge is 0.118 e. The number of methoxy groups -OCH3 is 1. The molecule has 0 amide bonds. The summed E-state index contributed by atoms with van der Waals surface area (Å²) >= 11 is 0. The molecule has 0 atom stereocenters. The normalized spacial score (nSPS) is 13.8. The van der Waals surface area contributed by atoms with Gasteiger partial charge < -0.3 is 9.47 Å². The summed E-state index contributed by atoms with van der Waals surface area (Å²) in [5.41, 5.74) is 1.60. The van der Waals surface area contributed by atoms with E-state index in [0.29, 0.717) is 24.5 Å². The third-order valence-corrected chi connectivity index (χ3v) is 2.15. The SMILES string of the molecule is CCC=C(C)C(CF)=C(C)OCCOC. The fraction of sp³-hybridized carbons (Fsp3) is 0.667. The molecule has 0 rings (SSSR count). The number of ether oxygens (including phenoxy) is 2. The van der Waals surface area contributed by atoms with E-state index in [2.05, 4.69) is 0 Å². The highest BCUT2D eigenvalue weighted by molar-refractivity contribution is 5.31. The van der Waals surface area contributed by atoms with Crippen molar-refractivity contribution < 1.29 is 13.9 Å². The van der Waals surface area contributed by atoms with Crippen molar-refractivity contribution in [1.29, 1.82) is 0 Å². The van der Waals surface area contributed by atoms with Crippen molar-refractivity contribution in [2.24, 2.45) is 0 Å². The fourth-order valence-electron chi connectivity index (χ4n) is 1.27. The Labute approximate surface area is 91.8 Å². The third-order valence-electron chi connectivity index (χ3n) is 2.15. The second-order valence-electron chi connectivity index (χ2n) is 3.31. The van der Waals surface area contributed by atoms with Crippen LogP contribution in [-0.4, -0.2) is 27.0 Å². The number of allylic oxidation sites excluding steroid dienone is 4. The maximum atomic E-state index is 12.8. The van der Waals surface area contributed by atoms with Crippen molar-refractivity contribution in [2.45, 2.75) is 27.2 Å². The molecular formula is C12H21FO2. The van der Waals surface area contributed by atoms with Gasteiger partial charge in [0.15, 0.2) is 0 Å². The Kier molecular flexibility index (Phi) is 8.01. The molecule has 0 aromatic carbocycles. The van der Waals surface area contributed by atoms with E-state index in [-0.39, 0.29) is 0 Å². The van der Waals surface area contributed by atoms with Crippen molar-refractivity contribution in [3.63, 3.8) is 0 Å². The van der Waals surface area contributed by atoms with Crippen LogP contribution in [0.4, 0.5) is 4.39 Å². The zero-order valence-electron chi connectivity index (χ0n) is 10.1. The average Bonchev–Trinajstić information content (AvgIpc) is 2.19. The second-order valence-corrected chi connectivity index (χ2v) is 3.31. The molecular weight excluding hydrogens is 195 g/mol. The first kappa shape index (κ1) is 14.2. The third kappa shape index (κ3) is 5.57. The van der Waals surface area contributed by atoms with Crippen molar-refractivity contribution in [3.05, 3.63) is 23.0 Å². The molecule has 0 unspecified atom stereocenters. The first-order valence-electron chi connectivity index (χ1n) is 5.21. The second kappa shape index (κ2) is 8.48. The molecule has 0 N–H and O–H groups in total. The minimum absolute atomic E-state index is 0.464. The van der Waals surface area contributed by atoms with E-state index in [0.717, 1.165) is 12.0 Å². The molecule has 0 fully saturated rings. The Morgan fingerprint density at radius 1 is 1.27 bits per heavy atom. The van der Waals surface area contributed by atoms with Crippen molar-refractivity contribution >= 4 is 0 Å². The summed E-state index contributed by atoms with van der Waals surface area (Å²) in [4.78, 5) is 0. The Balaban J connectivity index is 4.45. The van der Waals surface area contributed by atoms with Crippen LogP contribution in [0.3, 0.4) is 0 Å². The molecule has 2 nitrogen and oxygen atoms in total. The summed E-state index contributed by atoms with van der Waals surface area (Å²) in [6.45, 7) is 6.22. The molecule has 0 saturated heterocycles. The molecule has 3 heteroatoms. The number of halogens is 1. The summed E-state index contributed by atoms with van der Waals surface area (Å²) in [7, 11) is 1.61. The van der Waals surface area contributed by atoms with Crippen LogP contribution in [0.5, 0.6) is 0 Å². The highest BCUT2D eigenvalue weighted by Crippen LogP contribution is 2.16. The number of hydrogen-bond acceptors (Lipinski definition) is 2. The van der Waals surface area contributed by atoms with Gasteiger partial charge in [-0.25, -0.2) is 4.39 Å². The van der Waals surface area contributed by atoms with Crippen LogP contribution < -0.4 is 0 Å². The first-order chi connectivity index (χ1) is 7.17. The lowest BCUT2D eigenvalue weighted by Gasteiger charge is -2.11. The monoisotopic (exact) mass is 216 g/mol. The Morgan fingerprint density at radius 2 is 1.93 bits per heavy atom. The molecule has 0 radical (unpaired) electrons. The van der Waals surface area contributed by atoms with Crippen molar-refractivity contribution in [1.82, 2.24) is 0 Å². The first-order valence-corrected chi connectivity index (χ1v) is 5.21. The maximum absolute atomic E-state index is 12.8. The van der Waals surface area contributed by atoms with Gasteiger partial charge in [0.1, 0.15) is 13.3 Å². The van der Waals surface area contributed by atoms with E-state index in [1.807, 2.05) is 19.9 Å². The number of alkyl halides is 1. The molecule has 0 aliphatic heterocycles. The van der Waals surface area contributed by atoms with E-state index >= 15 is 0 Å². The quantitative estimate of drug-likeness (QED) is 0.369. The van der Waals surface area contributed by atoms with Gasteiger partial charge in [-0.2, -0.15) is 0 Å². The van der Waals surface area contributed by atoms with Gasteiger partial charge in [0.25, 0.3) is 0 Å². The average molecular weight is 216 g/mol. The largest absolute Gasteiger partial charge is 0.495 e. The zero-order chi connectivity index (χ0) is 11.7. The molecule has 0 spiro atoms. The lowest BCUT2D eigenvalue weighted by atomic mass is 10.1. The molecule has 15 heavy (non-hydrogen) atoms. The maximum Gasteiger partial charge on any atom is 0.118 e. The summed E-state index contributed by atoms with van der Waals surface area (Å²) in [5, 5.41) is 0. The van der Waals surface area contributed by atoms with Gasteiger partial charge in [-0.15, -0.1) is 0 Å². The van der Waals surface area contributed by atoms with Crippen molar-refractivity contribution in [3.8, 4) is 0 Å². The molecule has 88 valence electrons. The van der Waals surface area contributed by atoms with Crippen LogP contribution in [0.1, 0.15) is 27.2 Å². The summed E-state index contributed by atoms with van der Waals surface area (Å²) < 4.78 is 23.0. The van der Waals surface area contributed by atoms with E-state index in [4.69, 9.17) is 9.47 Å². The molecule has 0 bridgehead atoms. The van der Waals surface area contributed by atoms with Crippen LogP contribution in [0, 0.1) is 0 Å². The van der Waals surface area contributed by atoms with Crippen LogP contribution >= 0.6 is 0 Å². The molecule has 0 aromatic rings. The van der Waals surface area contributed by atoms with Crippen LogP contribution in [-0.2, 0) is 9.47 Å². The van der Waals surface area contributed by atoms with Crippen LogP contribution in [0.2, 0.25) is 0 Å². The van der Waals surface area contributed by atoms with Gasteiger partial charge in [-0.05, 0) is 25.8 Å². The molecule has 0 heterocycles. The summed E-state index contributed by atoms with van der Waals surface area (Å²) in [6, 6.07) is 0. The number of rotatable bonds is 7. The van der Waals surface area contributed by atoms with E-state index in [1.54, 1.807) is 14.0 Å². The predicted octanol–water partition coefficient (Wildman–Crippen LogP) is 3.25. The number of hydrogen-bond donors (Lipinski definition) is 0. The molecule has 0 aromatic heterocycles.